The number of halogens is 1. The molecule has 2 N–H and O–H groups in total. The number of fused-ring (bicyclic) bond motifs is 2. The molecule has 3 aromatic rings. The normalized spacial score (nSPS) is 13.9. The van der Waals surface area contributed by atoms with Gasteiger partial charge in [0.05, 0.1) is 5.69 Å². The van der Waals surface area contributed by atoms with Gasteiger partial charge in [-0.1, -0.05) is 25.4 Å². The molecule has 0 amide bonds. The van der Waals surface area contributed by atoms with Gasteiger partial charge in [0.15, 0.2) is 0 Å². The molecule has 0 bridgehead atoms. The van der Waals surface area contributed by atoms with Gasteiger partial charge in [-0.2, -0.15) is 0 Å². The Hall–Kier alpha value is -1.91. The first-order valence-electron chi connectivity index (χ1n) is 9.48. The standard InChI is InChI=1S/C22H23ClN2OS/c1-12(2)11-16-15-5-3-4-6-17(15)25-22-18(16)19(24)21(27-22)20(26)13-7-9-14(23)10-8-13/h7-10,12H,3-6,11,24H2,1-2H3. The van der Waals surface area contributed by atoms with Crippen molar-refractivity contribution in [1.29, 1.82) is 0 Å². The third kappa shape index (κ3) is 3.37. The molecule has 1 aromatic carbocycles. The summed E-state index contributed by atoms with van der Waals surface area (Å²) in [7, 11) is 0. The number of nitrogens with zero attached hydrogens (tertiary/aromatic N) is 1. The van der Waals surface area contributed by atoms with Gasteiger partial charge in [-0.05, 0) is 73.4 Å². The second-order valence-electron chi connectivity index (χ2n) is 7.68. The lowest BCUT2D eigenvalue weighted by atomic mass is 9.87. The predicted molar refractivity (Wildman–Crippen MR) is 114 cm³/mol. The molecular formula is C22H23ClN2OS. The van der Waals surface area contributed by atoms with Crippen LogP contribution in [0.4, 0.5) is 5.69 Å². The molecule has 2 heterocycles. The Morgan fingerprint density at radius 3 is 2.63 bits per heavy atom. The van der Waals surface area contributed by atoms with E-state index in [0.29, 0.717) is 27.1 Å². The zero-order valence-electron chi connectivity index (χ0n) is 15.6. The van der Waals surface area contributed by atoms with E-state index in [0.717, 1.165) is 29.5 Å². The first-order valence-corrected chi connectivity index (χ1v) is 10.7. The van der Waals surface area contributed by atoms with E-state index >= 15 is 0 Å². The van der Waals surface area contributed by atoms with Crippen molar-refractivity contribution in [2.24, 2.45) is 5.92 Å². The number of hydrogen-bond donors (Lipinski definition) is 1. The van der Waals surface area contributed by atoms with Crippen molar-refractivity contribution < 1.29 is 4.79 Å². The number of benzene rings is 1. The number of thiophene rings is 1. The minimum absolute atomic E-state index is 0.0550. The molecule has 27 heavy (non-hydrogen) atoms. The van der Waals surface area contributed by atoms with Crippen LogP contribution >= 0.6 is 22.9 Å². The molecule has 0 atom stereocenters. The summed E-state index contributed by atoms with van der Waals surface area (Å²) < 4.78 is 0. The summed E-state index contributed by atoms with van der Waals surface area (Å²) in [4.78, 5) is 19.5. The number of nitrogen functional groups attached to an aromatic ring is 1. The SMILES string of the molecule is CC(C)Cc1c2c(nc3sc(C(=O)c4ccc(Cl)cc4)c(N)c13)CCCC2. The number of aromatic nitrogens is 1. The number of ketones is 1. The van der Waals surface area contributed by atoms with E-state index in [9.17, 15) is 4.79 Å². The van der Waals surface area contributed by atoms with Gasteiger partial charge in [-0.25, -0.2) is 4.98 Å². The summed E-state index contributed by atoms with van der Waals surface area (Å²) in [5, 5.41) is 1.62. The van der Waals surface area contributed by atoms with Crippen molar-refractivity contribution in [1.82, 2.24) is 4.98 Å². The van der Waals surface area contributed by atoms with Crippen LogP contribution in [0, 0.1) is 5.92 Å². The lowest BCUT2D eigenvalue weighted by Gasteiger charge is -2.21. The minimum Gasteiger partial charge on any atom is -0.397 e. The van der Waals surface area contributed by atoms with Gasteiger partial charge >= 0.3 is 0 Å². The fourth-order valence-electron chi connectivity index (χ4n) is 3.95. The first kappa shape index (κ1) is 18.5. The summed E-state index contributed by atoms with van der Waals surface area (Å²) in [6.45, 7) is 4.45. The highest BCUT2D eigenvalue weighted by Crippen LogP contribution is 2.40. The van der Waals surface area contributed by atoms with Crippen molar-refractivity contribution in [3.8, 4) is 0 Å². The van der Waals surface area contributed by atoms with Gasteiger partial charge in [-0.15, -0.1) is 11.3 Å². The molecule has 1 aliphatic rings. The van der Waals surface area contributed by atoms with E-state index in [1.165, 1.54) is 41.0 Å². The van der Waals surface area contributed by atoms with E-state index < -0.39 is 0 Å². The van der Waals surface area contributed by atoms with Crippen molar-refractivity contribution in [2.45, 2.75) is 46.0 Å². The van der Waals surface area contributed by atoms with Gasteiger partial charge in [0.1, 0.15) is 9.71 Å². The third-order valence-electron chi connectivity index (χ3n) is 5.19. The third-order valence-corrected chi connectivity index (χ3v) is 6.54. The number of carbonyl (C=O) groups excluding carboxylic acids is 1. The van der Waals surface area contributed by atoms with Crippen LogP contribution in [0.25, 0.3) is 10.2 Å². The summed E-state index contributed by atoms with van der Waals surface area (Å²) in [5.74, 6) is 0.469. The molecule has 2 aromatic heterocycles. The molecule has 0 saturated heterocycles. The molecule has 0 unspecified atom stereocenters. The number of hydrogen-bond acceptors (Lipinski definition) is 4. The Labute approximate surface area is 168 Å². The lowest BCUT2D eigenvalue weighted by molar-refractivity contribution is 0.104. The zero-order valence-corrected chi connectivity index (χ0v) is 17.2. The average Bonchev–Trinajstić information content (AvgIpc) is 2.97. The van der Waals surface area contributed by atoms with Crippen molar-refractivity contribution >= 4 is 44.6 Å². The van der Waals surface area contributed by atoms with E-state index in [4.69, 9.17) is 22.3 Å². The van der Waals surface area contributed by atoms with Crippen LogP contribution in [0.2, 0.25) is 5.02 Å². The van der Waals surface area contributed by atoms with Crippen LogP contribution in [0.3, 0.4) is 0 Å². The average molecular weight is 399 g/mol. The Morgan fingerprint density at radius 1 is 1.22 bits per heavy atom. The van der Waals surface area contributed by atoms with Gasteiger partial charge in [0.2, 0.25) is 5.78 Å². The molecule has 0 fully saturated rings. The topological polar surface area (TPSA) is 56.0 Å². The molecule has 4 rings (SSSR count). The maximum atomic E-state index is 13.1. The number of aryl methyl sites for hydroxylation is 1. The number of anilines is 1. The van der Waals surface area contributed by atoms with Gasteiger partial charge in [0, 0.05) is 21.7 Å². The van der Waals surface area contributed by atoms with Crippen molar-refractivity contribution in [2.75, 3.05) is 5.73 Å². The molecule has 3 nitrogen and oxygen atoms in total. The summed E-state index contributed by atoms with van der Waals surface area (Å²) >= 11 is 7.38. The molecule has 0 saturated carbocycles. The highest BCUT2D eigenvalue weighted by Gasteiger charge is 2.25. The summed E-state index contributed by atoms with van der Waals surface area (Å²) in [6, 6.07) is 6.98. The Bertz CT molecular complexity index is 1020. The smallest absolute Gasteiger partial charge is 0.205 e. The lowest BCUT2D eigenvalue weighted by Crippen LogP contribution is -2.11. The van der Waals surface area contributed by atoms with Crippen LogP contribution in [-0.4, -0.2) is 10.8 Å². The van der Waals surface area contributed by atoms with Crippen LogP contribution in [0.5, 0.6) is 0 Å². The van der Waals surface area contributed by atoms with E-state index in [1.54, 1.807) is 24.3 Å². The molecule has 0 aliphatic heterocycles. The molecule has 0 spiro atoms. The van der Waals surface area contributed by atoms with E-state index in [-0.39, 0.29) is 5.78 Å². The fourth-order valence-corrected chi connectivity index (χ4v) is 5.18. The van der Waals surface area contributed by atoms with Crippen LogP contribution in [-0.2, 0) is 19.3 Å². The minimum atomic E-state index is -0.0550. The van der Waals surface area contributed by atoms with Gasteiger partial charge < -0.3 is 5.73 Å². The number of rotatable bonds is 4. The second kappa shape index (κ2) is 7.25. The van der Waals surface area contributed by atoms with Gasteiger partial charge in [0.25, 0.3) is 0 Å². The maximum Gasteiger partial charge on any atom is 0.205 e. The Morgan fingerprint density at radius 2 is 1.93 bits per heavy atom. The molecule has 5 heteroatoms. The largest absolute Gasteiger partial charge is 0.397 e. The predicted octanol–water partition coefficient (Wildman–Crippen LogP) is 5.84. The van der Waals surface area contributed by atoms with E-state index in [2.05, 4.69) is 13.8 Å². The van der Waals surface area contributed by atoms with E-state index in [1.807, 2.05) is 0 Å². The van der Waals surface area contributed by atoms with Crippen molar-refractivity contribution in [3.63, 3.8) is 0 Å². The summed E-state index contributed by atoms with van der Waals surface area (Å²) in [5.41, 5.74) is 11.6. The van der Waals surface area contributed by atoms with Crippen LogP contribution in [0.1, 0.15) is 58.7 Å². The Balaban J connectivity index is 1.90. The maximum absolute atomic E-state index is 13.1. The second-order valence-corrected chi connectivity index (χ2v) is 9.12. The van der Waals surface area contributed by atoms with Crippen molar-refractivity contribution in [3.05, 3.63) is 56.5 Å². The van der Waals surface area contributed by atoms with Gasteiger partial charge in [-0.3, -0.25) is 4.79 Å². The molecule has 140 valence electrons. The Kier molecular flexibility index (Phi) is 4.95. The number of pyridine rings is 1. The fraction of sp³-hybridized carbons (Fsp3) is 0.364. The zero-order chi connectivity index (χ0) is 19.1. The monoisotopic (exact) mass is 398 g/mol. The van der Waals surface area contributed by atoms with Crippen LogP contribution in [0.15, 0.2) is 24.3 Å². The quantitative estimate of drug-likeness (QED) is 0.561. The number of nitrogens with two attached hydrogens (primary N) is 1. The molecular weight excluding hydrogens is 376 g/mol. The number of carbonyl (C=O) groups is 1. The van der Waals surface area contributed by atoms with Crippen LogP contribution < -0.4 is 5.73 Å². The first-order chi connectivity index (χ1) is 13.0. The molecule has 0 radical (unpaired) electrons. The highest BCUT2D eigenvalue weighted by molar-refractivity contribution is 7.21. The highest BCUT2D eigenvalue weighted by atomic mass is 35.5. The summed E-state index contributed by atoms with van der Waals surface area (Å²) in [6.07, 6.45) is 5.44. The molecule has 1 aliphatic carbocycles.